The molecule has 2 atom stereocenters. The predicted molar refractivity (Wildman–Crippen MR) is 114 cm³/mol. The van der Waals surface area contributed by atoms with Crippen LogP contribution >= 0.6 is 11.6 Å². The summed E-state index contributed by atoms with van der Waals surface area (Å²) in [5.41, 5.74) is 0.800. The summed E-state index contributed by atoms with van der Waals surface area (Å²) in [6, 6.07) is 0. The molecule has 0 heterocycles. The Bertz CT molecular complexity index is 555. The van der Waals surface area contributed by atoms with Crippen molar-refractivity contribution < 1.29 is 23.6 Å². The summed E-state index contributed by atoms with van der Waals surface area (Å²) in [6.45, 7) is 14.7. The fourth-order valence-electron chi connectivity index (χ4n) is 2.79. The lowest BCUT2D eigenvalue weighted by molar-refractivity contribution is -0.162. The zero-order chi connectivity index (χ0) is 21.5. The largest absolute Gasteiger partial charge is 0.465 e. The Kier molecular flexibility index (Phi) is 9.47. The van der Waals surface area contributed by atoms with Crippen molar-refractivity contribution in [1.29, 1.82) is 0 Å². The van der Waals surface area contributed by atoms with Gasteiger partial charge in [-0.2, -0.15) is 0 Å². The molecule has 1 aliphatic carbocycles. The minimum Gasteiger partial charge on any atom is -0.465 e. The van der Waals surface area contributed by atoms with Gasteiger partial charge in [-0.05, 0) is 63.6 Å². The zero-order valence-electron chi connectivity index (χ0n) is 18.3. The lowest BCUT2D eigenvalue weighted by Crippen LogP contribution is -2.40. The summed E-state index contributed by atoms with van der Waals surface area (Å²) in [5.74, 6) is -1.84. The van der Waals surface area contributed by atoms with Crippen LogP contribution in [0.1, 0.15) is 60.3 Å². The Labute approximate surface area is 175 Å². The monoisotopic (exact) mass is 433 g/mol. The normalized spacial score (nSPS) is 22.2. The van der Waals surface area contributed by atoms with Crippen molar-refractivity contribution in [3.63, 3.8) is 0 Å². The number of oxime groups is 1. The lowest BCUT2D eigenvalue weighted by Gasteiger charge is -2.34. The van der Waals surface area contributed by atoms with Gasteiger partial charge in [-0.1, -0.05) is 20.8 Å². The Morgan fingerprint density at radius 1 is 1.14 bits per heavy atom. The Morgan fingerprint density at radius 3 is 2.14 bits per heavy atom. The van der Waals surface area contributed by atoms with E-state index in [1.807, 2.05) is 0 Å². The molecule has 1 fully saturated rings. The smallest absolute Gasteiger partial charge is 0.320 e. The molecule has 1 aliphatic rings. The van der Waals surface area contributed by atoms with Gasteiger partial charge in [0.1, 0.15) is 0 Å². The number of ether oxygens (including phenoxy) is 2. The molecule has 0 aromatic carbocycles. The number of nitrogens with zero attached hydrogens (tertiary/aromatic N) is 1. The zero-order valence-corrected chi connectivity index (χ0v) is 20.1. The van der Waals surface area contributed by atoms with Crippen LogP contribution in [0.2, 0.25) is 18.1 Å². The molecule has 0 spiro atoms. The van der Waals surface area contributed by atoms with E-state index in [1.165, 1.54) is 0 Å². The van der Waals surface area contributed by atoms with Crippen LogP contribution in [0.3, 0.4) is 0 Å². The molecule has 6 nitrogen and oxygen atoms in total. The first-order chi connectivity index (χ1) is 12.9. The van der Waals surface area contributed by atoms with Crippen molar-refractivity contribution in [2.24, 2.45) is 17.0 Å². The number of alkyl halides is 1. The highest BCUT2D eigenvalue weighted by molar-refractivity contribution is 6.74. The van der Waals surface area contributed by atoms with Gasteiger partial charge in [-0.3, -0.25) is 9.59 Å². The second-order valence-corrected chi connectivity index (χ2v) is 14.1. The third kappa shape index (κ3) is 7.06. The number of carbonyl (C=O) groups excluding carboxylic acids is 2. The maximum absolute atomic E-state index is 12.2. The van der Waals surface area contributed by atoms with E-state index >= 15 is 0 Å². The van der Waals surface area contributed by atoms with Crippen molar-refractivity contribution in [3.8, 4) is 0 Å². The van der Waals surface area contributed by atoms with Crippen LogP contribution in [0.5, 0.6) is 0 Å². The molecular formula is C20H36ClNO5Si. The molecule has 0 N–H and O–H groups in total. The summed E-state index contributed by atoms with van der Waals surface area (Å²) < 4.78 is 16.1. The number of halogens is 1. The van der Waals surface area contributed by atoms with Crippen LogP contribution in [0.4, 0.5) is 0 Å². The molecule has 0 bridgehead atoms. The highest BCUT2D eigenvalue weighted by Crippen LogP contribution is 2.37. The Balaban J connectivity index is 2.87. The topological polar surface area (TPSA) is 74.2 Å². The van der Waals surface area contributed by atoms with Gasteiger partial charge < -0.3 is 14.0 Å². The van der Waals surface area contributed by atoms with E-state index in [2.05, 4.69) is 39.0 Å². The van der Waals surface area contributed by atoms with Gasteiger partial charge in [0, 0.05) is 0 Å². The molecule has 0 aliphatic heterocycles. The van der Waals surface area contributed by atoms with Crippen molar-refractivity contribution in [3.05, 3.63) is 0 Å². The summed E-state index contributed by atoms with van der Waals surface area (Å²) in [7, 11) is -2.02. The SMILES string of the molecule is CCOC(=O)C(CC1CCC(Cl)C(=NO[Si](C)(C)C(C)(C)C)C1)C(=O)OCC. The van der Waals surface area contributed by atoms with Crippen molar-refractivity contribution in [2.45, 2.75) is 83.8 Å². The number of hydrogen-bond donors (Lipinski definition) is 0. The summed E-state index contributed by atoms with van der Waals surface area (Å²) in [5, 5.41) is 4.31. The molecule has 0 saturated heterocycles. The molecular weight excluding hydrogens is 398 g/mol. The van der Waals surface area contributed by atoms with Gasteiger partial charge in [0.15, 0.2) is 5.92 Å². The van der Waals surface area contributed by atoms with Crippen LogP contribution in [0, 0.1) is 11.8 Å². The average molecular weight is 434 g/mol. The first-order valence-electron chi connectivity index (χ1n) is 10.1. The van der Waals surface area contributed by atoms with Crippen molar-refractivity contribution >= 4 is 37.6 Å². The minimum absolute atomic E-state index is 0.0475. The van der Waals surface area contributed by atoms with Gasteiger partial charge in [-0.25, -0.2) is 0 Å². The third-order valence-corrected chi connectivity index (χ3v) is 10.2. The third-order valence-electron chi connectivity index (χ3n) is 5.60. The molecule has 1 rings (SSSR count). The van der Waals surface area contributed by atoms with Gasteiger partial charge in [0.05, 0.1) is 24.3 Å². The maximum Gasteiger partial charge on any atom is 0.320 e. The second-order valence-electron chi connectivity index (χ2n) is 8.84. The average Bonchev–Trinajstić information content (AvgIpc) is 2.59. The van der Waals surface area contributed by atoms with E-state index in [9.17, 15) is 9.59 Å². The molecule has 1 saturated carbocycles. The molecule has 0 radical (unpaired) electrons. The summed E-state index contributed by atoms with van der Waals surface area (Å²) in [4.78, 5) is 24.5. The Hall–Kier alpha value is -1.08. The molecule has 0 amide bonds. The minimum atomic E-state index is -2.02. The molecule has 28 heavy (non-hydrogen) atoms. The fourth-order valence-corrected chi connectivity index (χ4v) is 3.66. The first kappa shape index (κ1) is 25.0. The summed E-state index contributed by atoms with van der Waals surface area (Å²) >= 11 is 6.47. The van der Waals surface area contributed by atoms with Crippen LogP contribution < -0.4 is 0 Å². The van der Waals surface area contributed by atoms with Crippen LogP contribution in [-0.4, -0.2) is 44.6 Å². The summed E-state index contributed by atoms with van der Waals surface area (Å²) in [6.07, 6.45) is 2.55. The lowest BCUT2D eigenvalue weighted by atomic mass is 9.81. The standard InChI is InChI=1S/C20H36ClNO5Si/c1-8-25-18(23)15(19(24)26-9-2)12-14-10-11-16(21)17(13-14)22-27-28(6,7)20(3,4)5/h14-16H,8-13H2,1-7H3. The fraction of sp³-hybridized carbons (Fsp3) is 0.850. The van der Waals surface area contributed by atoms with Gasteiger partial charge in [0.25, 0.3) is 8.32 Å². The van der Waals surface area contributed by atoms with Crippen molar-refractivity contribution in [1.82, 2.24) is 0 Å². The highest BCUT2D eigenvalue weighted by atomic mass is 35.5. The van der Waals surface area contributed by atoms with Crippen LogP contribution in [0.25, 0.3) is 0 Å². The number of hydrogen-bond acceptors (Lipinski definition) is 6. The number of carbonyl (C=O) groups is 2. The van der Waals surface area contributed by atoms with Gasteiger partial charge >= 0.3 is 11.9 Å². The molecule has 162 valence electrons. The van der Waals surface area contributed by atoms with E-state index in [1.54, 1.807) is 13.8 Å². The number of rotatable bonds is 8. The maximum atomic E-state index is 12.2. The van der Waals surface area contributed by atoms with Gasteiger partial charge in [0.2, 0.25) is 0 Å². The molecule has 8 heteroatoms. The van der Waals surface area contributed by atoms with Crippen LogP contribution in [0.15, 0.2) is 5.16 Å². The van der Waals surface area contributed by atoms with Crippen LogP contribution in [-0.2, 0) is 23.6 Å². The van der Waals surface area contributed by atoms with E-state index in [4.69, 9.17) is 25.6 Å². The van der Waals surface area contributed by atoms with E-state index < -0.39 is 26.2 Å². The quantitative estimate of drug-likeness (QED) is 0.179. The predicted octanol–water partition coefficient (Wildman–Crippen LogP) is 4.90. The second kappa shape index (κ2) is 10.6. The van der Waals surface area contributed by atoms with E-state index in [-0.39, 0.29) is 29.5 Å². The molecule has 2 unspecified atom stereocenters. The van der Waals surface area contributed by atoms with E-state index in [0.29, 0.717) is 12.8 Å². The highest BCUT2D eigenvalue weighted by Gasteiger charge is 2.41. The first-order valence-corrected chi connectivity index (χ1v) is 13.5. The van der Waals surface area contributed by atoms with E-state index in [0.717, 1.165) is 18.6 Å². The molecule has 0 aromatic rings. The number of esters is 2. The molecule has 0 aromatic heterocycles. The van der Waals surface area contributed by atoms with Crippen molar-refractivity contribution in [2.75, 3.05) is 13.2 Å². The Morgan fingerprint density at radius 2 is 1.68 bits per heavy atom. The van der Waals surface area contributed by atoms with Gasteiger partial charge in [-0.15, -0.1) is 16.8 Å².